The van der Waals surface area contributed by atoms with Crippen LogP contribution in [0.4, 0.5) is 0 Å². The minimum absolute atomic E-state index is 0.277. The van der Waals surface area contributed by atoms with Crippen molar-refractivity contribution in [2.45, 2.75) is 161 Å². The van der Waals surface area contributed by atoms with Gasteiger partial charge in [0, 0.05) is 6.42 Å². The molecule has 0 saturated heterocycles. The SMILES string of the molecule is CCCC/C=C\CCCCCCCC(=O)NC(CS(=O)(=O)O)C(O)/C=C/CC/C=C/CCCCCCCCCC. The molecule has 234 valence electrons. The van der Waals surface area contributed by atoms with Crippen LogP contribution in [-0.2, 0) is 14.9 Å². The quantitative estimate of drug-likeness (QED) is 0.0486. The van der Waals surface area contributed by atoms with E-state index in [4.69, 9.17) is 0 Å². The maximum absolute atomic E-state index is 12.4. The first-order valence-electron chi connectivity index (χ1n) is 16.2. The van der Waals surface area contributed by atoms with Crippen molar-refractivity contribution >= 4 is 16.0 Å². The van der Waals surface area contributed by atoms with Gasteiger partial charge in [-0.2, -0.15) is 8.42 Å². The van der Waals surface area contributed by atoms with Crippen LogP contribution in [0.1, 0.15) is 149 Å². The van der Waals surface area contributed by atoms with E-state index >= 15 is 0 Å². The van der Waals surface area contributed by atoms with Crippen molar-refractivity contribution in [1.29, 1.82) is 0 Å². The van der Waals surface area contributed by atoms with Gasteiger partial charge < -0.3 is 10.4 Å². The number of amides is 1. The number of rotatable bonds is 28. The van der Waals surface area contributed by atoms with Crippen molar-refractivity contribution in [3.63, 3.8) is 0 Å². The Morgan fingerprint density at radius 3 is 1.65 bits per heavy atom. The molecular formula is C33H61NO5S. The zero-order valence-electron chi connectivity index (χ0n) is 25.7. The summed E-state index contributed by atoms with van der Waals surface area (Å²) >= 11 is 0. The highest BCUT2D eigenvalue weighted by Crippen LogP contribution is 2.11. The third kappa shape index (κ3) is 28.1. The smallest absolute Gasteiger partial charge is 0.267 e. The number of hydrogen-bond donors (Lipinski definition) is 3. The van der Waals surface area contributed by atoms with Crippen molar-refractivity contribution in [1.82, 2.24) is 5.32 Å². The van der Waals surface area contributed by atoms with Gasteiger partial charge in [0.25, 0.3) is 10.1 Å². The largest absolute Gasteiger partial charge is 0.387 e. The Bertz CT molecular complexity index is 776. The molecule has 0 radical (unpaired) electrons. The highest BCUT2D eigenvalue weighted by atomic mass is 32.2. The molecule has 0 bridgehead atoms. The Balaban J connectivity index is 4.15. The Morgan fingerprint density at radius 1 is 0.650 bits per heavy atom. The van der Waals surface area contributed by atoms with E-state index in [1.165, 1.54) is 70.3 Å². The van der Waals surface area contributed by atoms with Gasteiger partial charge in [0.15, 0.2) is 0 Å². The molecule has 3 N–H and O–H groups in total. The molecule has 0 spiro atoms. The third-order valence-corrected chi connectivity index (χ3v) is 7.82. The topological polar surface area (TPSA) is 104 Å². The molecular weight excluding hydrogens is 522 g/mol. The predicted octanol–water partition coefficient (Wildman–Crippen LogP) is 8.62. The van der Waals surface area contributed by atoms with Crippen LogP contribution >= 0.6 is 0 Å². The Kier molecular flexibility index (Phi) is 26.7. The van der Waals surface area contributed by atoms with Gasteiger partial charge in [-0.15, -0.1) is 0 Å². The number of unbranched alkanes of at least 4 members (excludes halogenated alkanes) is 16. The van der Waals surface area contributed by atoms with Crippen LogP contribution in [-0.4, -0.2) is 41.9 Å². The van der Waals surface area contributed by atoms with Crippen LogP contribution in [0.15, 0.2) is 36.5 Å². The van der Waals surface area contributed by atoms with Gasteiger partial charge in [-0.1, -0.05) is 127 Å². The van der Waals surface area contributed by atoms with Crippen LogP contribution in [0.25, 0.3) is 0 Å². The van der Waals surface area contributed by atoms with E-state index in [-0.39, 0.29) is 12.3 Å². The molecule has 40 heavy (non-hydrogen) atoms. The van der Waals surface area contributed by atoms with Gasteiger partial charge in [-0.05, 0) is 51.4 Å². The molecule has 6 nitrogen and oxygen atoms in total. The molecule has 2 atom stereocenters. The van der Waals surface area contributed by atoms with Crippen molar-refractivity contribution in [2.75, 3.05) is 5.75 Å². The van der Waals surface area contributed by atoms with Gasteiger partial charge in [-0.25, -0.2) is 0 Å². The summed E-state index contributed by atoms with van der Waals surface area (Å²) in [5.41, 5.74) is 0. The van der Waals surface area contributed by atoms with Crippen molar-refractivity contribution in [3.05, 3.63) is 36.5 Å². The lowest BCUT2D eigenvalue weighted by molar-refractivity contribution is -0.122. The maximum Gasteiger partial charge on any atom is 0.267 e. The normalized spacial score (nSPS) is 14.0. The van der Waals surface area contributed by atoms with E-state index in [9.17, 15) is 22.9 Å². The lowest BCUT2D eigenvalue weighted by Gasteiger charge is -2.21. The van der Waals surface area contributed by atoms with E-state index in [0.717, 1.165) is 51.4 Å². The summed E-state index contributed by atoms with van der Waals surface area (Å²) in [7, 11) is -4.34. The minimum Gasteiger partial charge on any atom is -0.387 e. The fraction of sp³-hybridized carbons (Fsp3) is 0.788. The average molecular weight is 584 g/mol. The first kappa shape index (κ1) is 38.6. The number of allylic oxidation sites excluding steroid dienone is 5. The Labute approximate surface area is 246 Å². The molecule has 0 heterocycles. The van der Waals surface area contributed by atoms with Gasteiger partial charge >= 0.3 is 0 Å². The minimum atomic E-state index is -4.34. The molecule has 0 aliphatic heterocycles. The maximum atomic E-state index is 12.4. The summed E-state index contributed by atoms with van der Waals surface area (Å²) in [4.78, 5) is 12.4. The number of carbonyl (C=O) groups is 1. The average Bonchev–Trinajstić information content (AvgIpc) is 2.90. The second kappa shape index (κ2) is 27.7. The van der Waals surface area contributed by atoms with Crippen LogP contribution in [0.5, 0.6) is 0 Å². The molecule has 2 unspecified atom stereocenters. The molecule has 0 saturated carbocycles. The van der Waals surface area contributed by atoms with Crippen LogP contribution < -0.4 is 5.32 Å². The summed E-state index contributed by atoms with van der Waals surface area (Å²) in [5.74, 6) is -1.02. The van der Waals surface area contributed by atoms with E-state index in [0.29, 0.717) is 12.8 Å². The fourth-order valence-corrected chi connectivity index (χ4v) is 5.30. The number of nitrogens with one attached hydrogen (secondary N) is 1. The first-order valence-corrected chi connectivity index (χ1v) is 17.8. The van der Waals surface area contributed by atoms with Gasteiger partial charge in [0.1, 0.15) is 0 Å². The molecule has 0 aromatic carbocycles. The van der Waals surface area contributed by atoms with Crippen LogP contribution in [0, 0.1) is 0 Å². The summed E-state index contributed by atoms with van der Waals surface area (Å²) in [6.45, 7) is 4.44. The van der Waals surface area contributed by atoms with E-state index in [1.54, 1.807) is 6.08 Å². The number of carbonyl (C=O) groups excluding carboxylic acids is 1. The van der Waals surface area contributed by atoms with Gasteiger partial charge in [0.05, 0.1) is 17.9 Å². The molecule has 0 fully saturated rings. The lowest BCUT2D eigenvalue weighted by Crippen LogP contribution is -2.46. The van der Waals surface area contributed by atoms with Crippen molar-refractivity contribution in [3.8, 4) is 0 Å². The molecule has 0 aliphatic rings. The monoisotopic (exact) mass is 583 g/mol. The molecule has 0 aliphatic carbocycles. The summed E-state index contributed by atoms with van der Waals surface area (Å²) in [6.07, 6.45) is 34.1. The molecule has 0 aromatic rings. The second-order valence-electron chi connectivity index (χ2n) is 11.1. The zero-order chi connectivity index (χ0) is 29.7. The first-order chi connectivity index (χ1) is 19.3. The van der Waals surface area contributed by atoms with Crippen molar-refractivity contribution < 1.29 is 22.9 Å². The standard InChI is InChI=1S/C33H61NO5S/c1-3-5-7-9-11-13-15-16-17-19-20-22-24-26-28-32(35)31(30-40(37,38)39)34-33(36)29-27-25-23-21-18-14-12-10-8-6-4-2/h10,12,19-20,26,28,31-32,35H,3-9,11,13-18,21-25,27,29-30H2,1-2H3,(H,34,36)(H,37,38,39)/b12-10-,20-19+,28-26+. The Morgan fingerprint density at radius 2 is 1.10 bits per heavy atom. The highest BCUT2D eigenvalue weighted by Gasteiger charge is 2.24. The molecule has 0 rings (SSSR count). The summed E-state index contributed by atoms with van der Waals surface area (Å²) < 4.78 is 32.2. The zero-order valence-corrected chi connectivity index (χ0v) is 26.5. The molecule has 0 aromatic heterocycles. The number of aliphatic hydroxyl groups excluding tert-OH is 1. The van der Waals surface area contributed by atoms with E-state index in [2.05, 4.69) is 43.5 Å². The van der Waals surface area contributed by atoms with Crippen LogP contribution in [0.2, 0.25) is 0 Å². The fourth-order valence-electron chi connectivity index (χ4n) is 4.56. The van der Waals surface area contributed by atoms with E-state index < -0.39 is 28.0 Å². The summed E-state index contributed by atoms with van der Waals surface area (Å²) in [6, 6.07) is -1.07. The Hall–Kier alpha value is -1.44. The molecule has 1 amide bonds. The van der Waals surface area contributed by atoms with Crippen LogP contribution in [0.3, 0.4) is 0 Å². The highest BCUT2D eigenvalue weighted by molar-refractivity contribution is 7.85. The van der Waals surface area contributed by atoms with Gasteiger partial charge in [0.2, 0.25) is 5.91 Å². The molecule has 7 heteroatoms. The predicted molar refractivity (Wildman–Crippen MR) is 170 cm³/mol. The van der Waals surface area contributed by atoms with Gasteiger partial charge in [-0.3, -0.25) is 9.35 Å². The number of aliphatic hydroxyl groups is 1. The lowest BCUT2D eigenvalue weighted by atomic mass is 10.1. The summed E-state index contributed by atoms with van der Waals surface area (Å²) in [5, 5.41) is 13.1. The number of hydrogen-bond acceptors (Lipinski definition) is 4. The second-order valence-corrected chi connectivity index (χ2v) is 12.6. The third-order valence-electron chi connectivity index (χ3n) is 7.04. The van der Waals surface area contributed by atoms with Crippen molar-refractivity contribution in [2.24, 2.45) is 0 Å². The van der Waals surface area contributed by atoms with E-state index in [1.807, 2.05) is 0 Å².